The number of aryl methyl sites for hydroxylation is 1. The largest absolute Gasteiger partial charge is 0.340 e. The summed E-state index contributed by atoms with van der Waals surface area (Å²) in [5.41, 5.74) is 2.54. The molecule has 26 heavy (non-hydrogen) atoms. The zero-order valence-electron chi connectivity index (χ0n) is 15.7. The summed E-state index contributed by atoms with van der Waals surface area (Å²) in [5.74, 6) is -0.220. The van der Waals surface area contributed by atoms with E-state index >= 15 is 0 Å². The standard InChI is InChI=1S/C20H26N2O3S/c1-5-19(20(23)21(3)15-17-9-7-6-8-10-17)22(26(4,24)25)18-13-11-16(2)12-14-18/h6-14,19H,5,15H2,1-4H3/t19-/m1/s1. The number of anilines is 1. The van der Waals surface area contributed by atoms with Crippen molar-refractivity contribution in [1.29, 1.82) is 0 Å². The maximum atomic E-state index is 13.0. The van der Waals surface area contributed by atoms with Crippen LogP contribution >= 0.6 is 0 Å². The molecule has 0 radical (unpaired) electrons. The van der Waals surface area contributed by atoms with E-state index in [4.69, 9.17) is 0 Å². The summed E-state index contributed by atoms with van der Waals surface area (Å²) in [6.45, 7) is 4.19. The fraction of sp³-hybridized carbons (Fsp3) is 0.350. The summed E-state index contributed by atoms with van der Waals surface area (Å²) < 4.78 is 26.1. The van der Waals surface area contributed by atoms with Gasteiger partial charge in [0.15, 0.2) is 0 Å². The Morgan fingerprint density at radius 2 is 1.62 bits per heavy atom. The Balaban J connectivity index is 2.32. The lowest BCUT2D eigenvalue weighted by atomic mass is 10.1. The first kappa shape index (κ1) is 20.0. The monoisotopic (exact) mass is 374 g/mol. The highest BCUT2D eigenvalue weighted by atomic mass is 32.2. The van der Waals surface area contributed by atoms with Gasteiger partial charge in [0.2, 0.25) is 15.9 Å². The van der Waals surface area contributed by atoms with Crippen LogP contribution in [0.1, 0.15) is 24.5 Å². The van der Waals surface area contributed by atoms with Gasteiger partial charge in [0.25, 0.3) is 0 Å². The Bertz CT molecular complexity index is 833. The van der Waals surface area contributed by atoms with Gasteiger partial charge in [-0.25, -0.2) is 8.42 Å². The third kappa shape index (κ3) is 4.85. The van der Waals surface area contributed by atoms with E-state index in [0.29, 0.717) is 18.7 Å². The highest BCUT2D eigenvalue weighted by Crippen LogP contribution is 2.24. The van der Waals surface area contributed by atoms with Crippen LogP contribution in [-0.4, -0.2) is 38.6 Å². The third-order valence-electron chi connectivity index (χ3n) is 4.24. The van der Waals surface area contributed by atoms with Crippen LogP contribution in [-0.2, 0) is 21.4 Å². The van der Waals surface area contributed by atoms with E-state index in [1.54, 1.807) is 24.1 Å². The Kier molecular flexibility index (Phi) is 6.42. The zero-order valence-corrected chi connectivity index (χ0v) is 16.5. The van der Waals surface area contributed by atoms with Crippen LogP contribution in [0.3, 0.4) is 0 Å². The van der Waals surface area contributed by atoms with E-state index < -0.39 is 16.1 Å². The normalized spacial score (nSPS) is 12.5. The minimum Gasteiger partial charge on any atom is -0.340 e. The number of carbonyl (C=O) groups is 1. The molecule has 1 amide bonds. The average molecular weight is 375 g/mol. The molecule has 0 bridgehead atoms. The Labute approximate surface area is 156 Å². The molecule has 2 rings (SSSR count). The molecule has 0 N–H and O–H groups in total. The fourth-order valence-corrected chi connectivity index (χ4v) is 4.13. The van der Waals surface area contributed by atoms with Gasteiger partial charge < -0.3 is 4.90 Å². The van der Waals surface area contributed by atoms with E-state index in [2.05, 4.69) is 0 Å². The molecule has 0 aliphatic heterocycles. The molecule has 1 atom stereocenters. The van der Waals surface area contributed by atoms with Crippen LogP contribution in [0.4, 0.5) is 5.69 Å². The highest BCUT2D eigenvalue weighted by Gasteiger charge is 2.33. The van der Waals surface area contributed by atoms with Crippen molar-refractivity contribution in [2.75, 3.05) is 17.6 Å². The molecule has 2 aromatic rings. The second-order valence-corrected chi connectivity index (χ2v) is 8.36. The quantitative estimate of drug-likeness (QED) is 0.748. The number of hydrogen-bond acceptors (Lipinski definition) is 3. The van der Waals surface area contributed by atoms with Crippen molar-refractivity contribution in [3.05, 3.63) is 65.7 Å². The number of amides is 1. The van der Waals surface area contributed by atoms with E-state index in [0.717, 1.165) is 17.4 Å². The molecule has 6 heteroatoms. The maximum absolute atomic E-state index is 13.0. The molecule has 0 aromatic heterocycles. The average Bonchev–Trinajstić information content (AvgIpc) is 2.60. The van der Waals surface area contributed by atoms with Crippen LogP contribution in [0.2, 0.25) is 0 Å². The third-order valence-corrected chi connectivity index (χ3v) is 5.42. The Morgan fingerprint density at radius 1 is 1.04 bits per heavy atom. The van der Waals surface area contributed by atoms with Crippen LogP contribution in [0.25, 0.3) is 0 Å². The molecule has 0 spiro atoms. The molecule has 0 saturated carbocycles. The molecule has 0 aliphatic rings. The van der Waals surface area contributed by atoms with Crippen LogP contribution in [0.15, 0.2) is 54.6 Å². The first-order chi connectivity index (χ1) is 12.2. The van der Waals surface area contributed by atoms with E-state index in [1.807, 2.05) is 56.3 Å². The SMILES string of the molecule is CC[C@H](C(=O)N(C)Cc1ccccc1)N(c1ccc(C)cc1)S(C)(=O)=O. The van der Waals surface area contributed by atoms with Gasteiger partial charge in [-0.05, 0) is 31.0 Å². The lowest BCUT2D eigenvalue weighted by Gasteiger charge is -2.33. The van der Waals surface area contributed by atoms with Crippen molar-refractivity contribution in [2.24, 2.45) is 0 Å². The second kappa shape index (κ2) is 8.36. The Morgan fingerprint density at radius 3 is 2.12 bits per heavy atom. The summed E-state index contributed by atoms with van der Waals surface area (Å²) in [6.07, 6.45) is 1.53. The van der Waals surface area contributed by atoms with Crippen molar-refractivity contribution in [1.82, 2.24) is 4.90 Å². The molecule has 0 aliphatic carbocycles. The number of hydrogen-bond donors (Lipinski definition) is 0. The number of rotatable bonds is 7. The maximum Gasteiger partial charge on any atom is 0.246 e. The molecule has 0 unspecified atom stereocenters. The lowest BCUT2D eigenvalue weighted by molar-refractivity contribution is -0.131. The van der Waals surface area contributed by atoms with Gasteiger partial charge in [-0.2, -0.15) is 0 Å². The van der Waals surface area contributed by atoms with Crippen LogP contribution in [0.5, 0.6) is 0 Å². The van der Waals surface area contributed by atoms with E-state index in [9.17, 15) is 13.2 Å². The number of benzene rings is 2. The van der Waals surface area contributed by atoms with Crippen molar-refractivity contribution < 1.29 is 13.2 Å². The number of nitrogens with zero attached hydrogens (tertiary/aromatic N) is 2. The van der Waals surface area contributed by atoms with E-state index in [-0.39, 0.29) is 5.91 Å². The first-order valence-electron chi connectivity index (χ1n) is 8.59. The van der Waals surface area contributed by atoms with Crippen molar-refractivity contribution in [2.45, 2.75) is 32.9 Å². The lowest BCUT2D eigenvalue weighted by Crippen LogP contribution is -2.49. The van der Waals surface area contributed by atoms with Gasteiger partial charge >= 0.3 is 0 Å². The highest BCUT2D eigenvalue weighted by molar-refractivity contribution is 7.92. The molecule has 0 fully saturated rings. The first-order valence-corrected chi connectivity index (χ1v) is 10.4. The van der Waals surface area contributed by atoms with Gasteiger partial charge in [0, 0.05) is 13.6 Å². The minimum atomic E-state index is -3.61. The number of likely N-dealkylation sites (N-methyl/N-ethyl adjacent to an activating group) is 1. The van der Waals surface area contributed by atoms with Crippen LogP contribution in [0, 0.1) is 6.92 Å². The zero-order chi connectivity index (χ0) is 19.3. The van der Waals surface area contributed by atoms with Crippen molar-refractivity contribution >= 4 is 21.6 Å². The van der Waals surface area contributed by atoms with Crippen molar-refractivity contribution in [3.63, 3.8) is 0 Å². The molecular weight excluding hydrogens is 348 g/mol. The molecule has 5 nitrogen and oxygen atoms in total. The van der Waals surface area contributed by atoms with Gasteiger partial charge in [-0.1, -0.05) is 55.0 Å². The smallest absolute Gasteiger partial charge is 0.246 e. The van der Waals surface area contributed by atoms with E-state index in [1.165, 1.54) is 4.31 Å². The van der Waals surface area contributed by atoms with Gasteiger partial charge in [0.05, 0.1) is 11.9 Å². The van der Waals surface area contributed by atoms with Crippen LogP contribution < -0.4 is 4.31 Å². The van der Waals surface area contributed by atoms with Crippen molar-refractivity contribution in [3.8, 4) is 0 Å². The number of sulfonamides is 1. The minimum absolute atomic E-state index is 0.220. The molecule has 140 valence electrons. The summed E-state index contributed by atoms with van der Waals surface area (Å²) >= 11 is 0. The molecular formula is C20H26N2O3S. The summed E-state index contributed by atoms with van der Waals surface area (Å²) in [5, 5.41) is 0. The second-order valence-electron chi connectivity index (χ2n) is 6.50. The summed E-state index contributed by atoms with van der Waals surface area (Å²) in [6, 6.07) is 16.0. The molecule has 2 aromatic carbocycles. The predicted octanol–water partition coefficient (Wildman–Crippen LogP) is 3.20. The fourth-order valence-electron chi connectivity index (χ4n) is 2.92. The topological polar surface area (TPSA) is 57.7 Å². The Hall–Kier alpha value is -2.34. The predicted molar refractivity (Wildman–Crippen MR) is 105 cm³/mol. The molecule has 0 heterocycles. The van der Waals surface area contributed by atoms with Gasteiger partial charge in [-0.3, -0.25) is 9.10 Å². The summed E-state index contributed by atoms with van der Waals surface area (Å²) in [4.78, 5) is 14.6. The summed E-state index contributed by atoms with van der Waals surface area (Å²) in [7, 11) is -1.91. The molecule has 0 saturated heterocycles. The van der Waals surface area contributed by atoms with Gasteiger partial charge in [0.1, 0.15) is 6.04 Å². The van der Waals surface area contributed by atoms with Gasteiger partial charge in [-0.15, -0.1) is 0 Å². The number of carbonyl (C=O) groups excluding carboxylic acids is 1.